The summed E-state index contributed by atoms with van der Waals surface area (Å²) in [5, 5.41) is 6.20. The molecule has 110 valence electrons. The highest BCUT2D eigenvalue weighted by molar-refractivity contribution is 5.99. The number of aromatic nitrogens is 1. The summed E-state index contributed by atoms with van der Waals surface area (Å²) in [4.78, 5) is 16.3. The first-order chi connectivity index (χ1) is 10.3. The van der Waals surface area contributed by atoms with Crippen LogP contribution < -0.4 is 10.6 Å². The molecule has 1 aromatic heterocycles. The lowest BCUT2D eigenvalue weighted by Crippen LogP contribution is -2.26. The molecular weight excluding hydrogens is 262 g/mol. The number of amides is 1. The summed E-state index contributed by atoms with van der Waals surface area (Å²) in [6.07, 6.45) is 5.14. The molecule has 2 rings (SSSR count). The maximum absolute atomic E-state index is 12.2. The standard InChI is InChI=1S/C17H21N3O/c1-2-10-19-16-9-11-18-13-15(16)17(21)20-12-8-14-6-4-3-5-7-14/h3-7,9,11,13H,2,8,10,12H2,1H3,(H,18,19)(H,20,21). The van der Waals surface area contributed by atoms with Gasteiger partial charge in [-0.2, -0.15) is 0 Å². The molecule has 0 atom stereocenters. The van der Waals surface area contributed by atoms with Crippen LogP contribution in [0.4, 0.5) is 5.69 Å². The van der Waals surface area contributed by atoms with Gasteiger partial charge in [-0.25, -0.2) is 0 Å². The lowest BCUT2D eigenvalue weighted by Gasteiger charge is -2.11. The van der Waals surface area contributed by atoms with Crippen LogP contribution in [0.5, 0.6) is 0 Å². The minimum Gasteiger partial charge on any atom is -0.384 e. The van der Waals surface area contributed by atoms with Gasteiger partial charge in [0, 0.05) is 25.5 Å². The maximum atomic E-state index is 12.2. The molecule has 21 heavy (non-hydrogen) atoms. The van der Waals surface area contributed by atoms with Crippen LogP contribution in [0.15, 0.2) is 48.8 Å². The molecule has 0 unspecified atom stereocenters. The van der Waals surface area contributed by atoms with Gasteiger partial charge in [0.25, 0.3) is 5.91 Å². The lowest BCUT2D eigenvalue weighted by atomic mass is 10.1. The van der Waals surface area contributed by atoms with Gasteiger partial charge in [-0.15, -0.1) is 0 Å². The van der Waals surface area contributed by atoms with Gasteiger partial charge in [0.05, 0.1) is 11.3 Å². The molecule has 4 nitrogen and oxygen atoms in total. The summed E-state index contributed by atoms with van der Waals surface area (Å²) >= 11 is 0. The Labute approximate surface area is 125 Å². The second kappa shape index (κ2) is 8.04. The first-order valence-electron chi connectivity index (χ1n) is 7.31. The summed E-state index contributed by atoms with van der Waals surface area (Å²) < 4.78 is 0. The molecule has 1 amide bonds. The zero-order valence-electron chi connectivity index (χ0n) is 12.3. The normalized spacial score (nSPS) is 10.1. The number of nitrogens with one attached hydrogen (secondary N) is 2. The van der Waals surface area contributed by atoms with Gasteiger partial charge < -0.3 is 10.6 Å². The van der Waals surface area contributed by atoms with Crippen molar-refractivity contribution in [2.24, 2.45) is 0 Å². The number of hydrogen-bond donors (Lipinski definition) is 2. The molecule has 1 aromatic carbocycles. The van der Waals surface area contributed by atoms with Gasteiger partial charge in [0.1, 0.15) is 0 Å². The van der Waals surface area contributed by atoms with Crippen LogP contribution in [-0.2, 0) is 6.42 Å². The van der Waals surface area contributed by atoms with Crippen LogP contribution >= 0.6 is 0 Å². The van der Waals surface area contributed by atoms with Gasteiger partial charge in [-0.3, -0.25) is 9.78 Å². The quantitative estimate of drug-likeness (QED) is 0.821. The highest BCUT2D eigenvalue weighted by atomic mass is 16.1. The van der Waals surface area contributed by atoms with E-state index in [0.717, 1.165) is 25.1 Å². The first-order valence-corrected chi connectivity index (χ1v) is 7.31. The van der Waals surface area contributed by atoms with Crippen molar-refractivity contribution in [3.8, 4) is 0 Å². The Morgan fingerprint density at radius 2 is 1.95 bits per heavy atom. The Bertz CT molecular complexity index is 569. The Kier molecular flexibility index (Phi) is 5.76. The SMILES string of the molecule is CCCNc1ccncc1C(=O)NCCc1ccccc1. The van der Waals surface area contributed by atoms with Crippen LogP contribution in [0.1, 0.15) is 29.3 Å². The minimum atomic E-state index is -0.0855. The fraction of sp³-hybridized carbons (Fsp3) is 0.294. The van der Waals surface area contributed by atoms with E-state index >= 15 is 0 Å². The van der Waals surface area contributed by atoms with Crippen molar-refractivity contribution in [2.75, 3.05) is 18.4 Å². The number of carbonyl (C=O) groups is 1. The molecule has 4 heteroatoms. The van der Waals surface area contributed by atoms with Crippen molar-refractivity contribution in [1.82, 2.24) is 10.3 Å². The third-order valence-corrected chi connectivity index (χ3v) is 3.17. The fourth-order valence-corrected chi connectivity index (χ4v) is 2.05. The smallest absolute Gasteiger partial charge is 0.254 e. The zero-order valence-corrected chi connectivity index (χ0v) is 12.3. The van der Waals surface area contributed by atoms with Gasteiger partial charge in [-0.1, -0.05) is 37.3 Å². The van der Waals surface area contributed by atoms with E-state index in [1.54, 1.807) is 12.4 Å². The number of hydrogen-bond acceptors (Lipinski definition) is 3. The van der Waals surface area contributed by atoms with E-state index in [9.17, 15) is 4.79 Å². The highest BCUT2D eigenvalue weighted by Gasteiger charge is 2.10. The van der Waals surface area contributed by atoms with E-state index in [2.05, 4.69) is 34.7 Å². The zero-order chi connectivity index (χ0) is 14.9. The van der Waals surface area contributed by atoms with Crippen LogP contribution in [-0.4, -0.2) is 24.0 Å². The molecule has 1 heterocycles. The van der Waals surface area contributed by atoms with Crippen molar-refractivity contribution in [3.63, 3.8) is 0 Å². The molecule has 0 radical (unpaired) electrons. The van der Waals surface area contributed by atoms with Crippen molar-refractivity contribution in [1.29, 1.82) is 0 Å². The van der Waals surface area contributed by atoms with Crippen LogP contribution in [0.25, 0.3) is 0 Å². The molecule has 0 saturated heterocycles. The lowest BCUT2D eigenvalue weighted by molar-refractivity contribution is 0.0954. The molecule has 0 aliphatic heterocycles. The largest absolute Gasteiger partial charge is 0.384 e. The number of rotatable bonds is 7. The summed E-state index contributed by atoms with van der Waals surface area (Å²) in [6, 6.07) is 12.0. The Balaban J connectivity index is 1.91. The van der Waals surface area contributed by atoms with E-state index in [1.165, 1.54) is 5.56 Å². The summed E-state index contributed by atoms with van der Waals surface area (Å²) in [7, 11) is 0. The van der Waals surface area contributed by atoms with Crippen molar-refractivity contribution in [3.05, 3.63) is 59.9 Å². The van der Waals surface area contributed by atoms with Gasteiger partial charge in [-0.05, 0) is 24.5 Å². The second-order valence-electron chi connectivity index (χ2n) is 4.84. The Morgan fingerprint density at radius 3 is 2.71 bits per heavy atom. The predicted molar refractivity (Wildman–Crippen MR) is 85.5 cm³/mol. The fourth-order valence-electron chi connectivity index (χ4n) is 2.05. The molecule has 2 N–H and O–H groups in total. The Hall–Kier alpha value is -2.36. The molecule has 0 fully saturated rings. The number of nitrogens with zero attached hydrogens (tertiary/aromatic N) is 1. The average molecular weight is 283 g/mol. The highest BCUT2D eigenvalue weighted by Crippen LogP contribution is 2.13. The molecule has 0 bridgehead atoms. The second-order valence-corrected chi connectivity index (χ2v) is 4.84. The molecule has 0 saturated carbocycles. The summed E-state index contributed by atoms with van der Waals surface area (Å²) in [5.41, 5.74) is 2.65. The molecule has 0 aliphatic carbocycles. The number of carbonyl (C=O) groups excluding carboxylic acids is 1. The maximum Gasteiger partial charge on any atom is 0.254 e. The van der Waals surface area contributed by atoms with Crippen LogP contribution in [0.2, 0.25) is 0 Å². The van der Waals surface area contributed by atoms with Crippen molar-refractivity contribution in [2.45, 2.75) is 19.8 Å². The molecule has 0 spiro atoms. The van der Waals surface area contributed by atoms with Gasteiger partial charge in [0.15, 0.2) is 0 Å². The van der Waals surface area contributed by atoms with Crippen molar-refractivity contribution < 1.29 is 4.79 Å². The van der Waals surface area contributed by atoms with E-state index in [-0.39, 0.29) is 5.91 Å². The first kappa shape index (κ1) is 15.0. The number of pyridine rings is 1. The molecule has 2 aromatic rings. The van der Waals surface area contributed by atoms with Crippen LogP contribution in [0, 0.1) is 0 Å². The third kappa shape index (κ3) is 4.60. The van der Waals surface area contributed by atoms with E-state index in [4.69, 9.17) is 0 Å². The van der Waals surface area contributed by atoms with Crippen LogP contribution in [0.3, 0.4) is 0 Å². The molecule has 0 aliphatic rings. The topological polar surface area (TPSA) is 54.0 Å². The monoisotopic (exact) mass is 283 g/mol. The minimum absolute atomic E-state index is 0.0855. The van der Waals surface area contributed by atoms with Gasteiger partial charge >= 0.3 is 0 Å². The van der Waals surface area contributed by atoms with E-state index in [1.807, 2.05) is 24.3 Å². The average Bonchev–Trinajstić information content (AvgIpc) is 2.54. The molecular formula is C17H21N3O. The van der Waals surface area contributed by atoms with E-state index in [0.29, 0.717) is 12.1 Å². The third-order valence-electron chi connectivity index (χ3n) is 3.17. The number of benzene rings is 1. The predicted octanol–water partition coefficient (Wildman–Crippen LogP) is 2.88. The summed E-state index contributed by atoms with van der Waals surface area (Å²) in [5.74, 6) is -0.0855. The van der Waals surface area contributed by atoms with E-state index < -0.39 is 0 Å². The van der Waals surface area contributed by atoms with Gasteiger partial charge in [0.2, 0.25) is 0 Å². The number of anilines is 1. The summed E-state index contributed by atoms with van der Waals surface area (Å²) in [6.45, 7) is 3.55. The van der Waals surface area contributed by atoms with Crippen molar-refractivity contribution >= 4 is 11.6 Å². The Morgan fingerprint density at radius 1 is 1.14 bits per heavy atom.